The fraction of sp³-hybridized carbons (Fsp3) is 0.579. The molecule has 2 amide bonds. The second-order valence-corrected chi connectivity index (χ2v) is 6.69. The number of aliphatic hydroxyl groups excluding tert-OH is 1. The lowest BCUT2D eigenvalue weighted by Crippen LogP contribution is -2.46. The van der Waals surface area contributed by atoms with Gasteiger partial charge in [-0.3, -0.25) is 14.5 Å². The van der Waals surface area contributed by atoms with Crippen LogP contribution in [0.2, 0.25) is 0 Å². The molecule has 0 saturated carbocycles. The van der Waals surface area contributed by atoms with Gasteiger partial charge in [0, 0.05) is 52.6 Å². The van der Waals surface area contributed by atoms with Crippen LogP contribution in [0.4, 0.5) is 5.69 Å². The lowest BCUT2D eigenvalue weighted by molar-refractivity contribution is -0.139. The summed E-state index contributed by atoms with van der Waals surface area (Å²) in [5.41, 5.74) is 2.19. The molecule has 1 atom stereocenters. The molecule has 0 unspecified atom stereocenters. The summed E-state index contributed by atoms with van der Waals surface area (Å²) in [5.74, 6) is -1.33. The molecule has 0 aliphatic carbocycles. The van der Waals surface area contributed by atoms with E-state index in [9.17, 15) is 9.59 Å². The number of amides is 2. The number of hydrogen-bond donors (Lipinski definition) is 3. The minimum atomic E-state index is -0.674. The Morgan fingerprint density at radius 3 is 2.37 bits per heavy atom. The number of anilines is 1. The lowest BCUT2D eigenvalue weighted by atomic mass is 10.0. The van der Waals surface area contributed by atoms with Gasteiger partial charge in [-0.05, 0) is 24.1 Å². The Labute approximate surface area is 160 Å². The van der Waals surface area contributed by atoms with Crippen LogP contribution in [-0.2, 0) is 14.3 Å². The number of nitrogens with zero attached hydrogens (tertiary/aromatic N) is 2. The molecule has 1 fully saturated rings. The first kappa shape index (κ1) is 21.1. The Morgan fingerprint density at radius 1 is 1.15 bits per heavy atom. The second-order valence-electron chi connectivity index (χ2n) is 6.69. The van der Waals surface area contributed by atoms with Crippen molar-refractivity contribution in [3.8, 4) is 0 Å². The molecule has 2 rings (SSSR count). The summed E-state index contributed by atoms with van der Waals surface area (Å²) in [6, 6.07) is 8.18. The maximum Gasteiger partial charge on any atom is 0.309 e. The Bertz CT molecular complexity index is 600. The molecule has 150 valence electrons. The Kier molecular flexibility index (Phi) is 8.50. The third kappa shape index (κ3) is 6.50. The molecule has 1 aromatic rings. The van der Waals surface area contributed by atoms with Crippen molar-refractivity contribution in [2.45, 2.75) is 12.5 Å². The molecule has 1 aliphatic heterocycles. The topological polar surface area (TPSA) is 94.1 Å². The molecular weight excluding hydrogens is 348 g/mol. The zero-order valence-electron chi connectivity index (χ0n) is 16.1. The van der Waals surface area contributed by atoms with Crippen LogP contribution in [0.25, 0.3) is 0 Å². The summed E-state index contributed by atoms with van der Waals surface area (Å²) in [6.07, 6.45) is 0.424. The quantitative estimate of drug-likeness (QED) is 0.426. The van der Waals surface area contributed by atoms with E-state index >= 15 is 0 Å². The molecule has 8 heteroatoms. The van der Waals surface area contributed by atoms with E-state index in [0.717, 1.165) is 24.3 Å². The summed E-state index contributed by atoms with van der Waals surface area (Å²) in [4.78, 5) is 28.2. The predicted octanol–water partition coefficient (Wildman–Crippen LogP) is -0.259. The van der Waals surface area contributed by atoms with Gasteiger partial charge in [0.15, 0.2) is 0 Å². The first-order valence-corrected chi connectivity index (χ1v) is 9.29. The summed E-state index contributed by atoms with van der Waals surface area (Å²) < 4.78 is 5.43. The van der Waals surface area contributed by atoms with E-state index in [1.807, 2.05) is 31.1 Å². The molecule has 1 aliphatic rings. The van der Waals surface area contributed by atoms with Crippen LogP contribution >= 0.6 is 0 Å². The molecule has 8 nitrogen and oxygen atoms in total. The highest BCUT2D eigenvalue weighted by Crippen LogP contribution is 2.23. The number of rotatable bonds is 8. The molecule has 1 heterocycles. The molecular formula is C19H30N4O4. The SMILES string of the molecule is CN(C)c1ccc([C@H](CNC(=O)C(=O)NCCCO)N2CCOCC2)cc1. The van der Waals surface area contributed by atoms with Crippen molar-refractivity contribution in [2.24, 2.45) is 0 Å². The molecule has 0 radical (unpaired) electrons. The average molecular weight is 378 g/mol. The first-order valence-electron chi connectivity index (χ1n) is 9.29. The minimum absolute atomic E-state index is 0.0239. The number of benzene rings is 1. The molecule has 1 aromatic carbocycles. The highest BCUT2D eigenvalue weighted by Gasteiger charge is 2.24. The van der Waals surface area contributed by atoms with Gasteiger partial charge in [-0.25, -0.2) is 0 Å². The largest absolute Gasteiger partial charge is 0.396 e. The maximum atomic E-state index is 12.1. The maximum absolute atomic E-state index is 12.1. The van der Waals surface area contributed by atoms with Crippen LogP contribution in [0.1, 0.15) is 18.0 Å². The molecule has 0 spiro atoms. The van der Waals surface area contributed by atoms with Crippen molar-refractivity contribution in [1.29, 1.82) is 0 Å². The van der Waals surface area contributed by atoms with E-state index in [2.05, 4.69) is 27.7 Å². The zero-order chi connectivity index (χ0) is 19.6. The fourth-order valence-corrected chi connectivity index (χ4v) is 2.97. The summed E-state index contributed by atoms with van der Waals surface area (Å²) in [5, 5.41) is 14.0. The number of aliphatic hydroxyl groups is 1. The molecule has 27 heavy (non-hydrogen) atoms. The Hall–Kier alpha value is -2.16. The number of morpholine rings is 1. The molecule has 1 saturated heterocycles. The molecule has 0 bridgehead atoms. The summed E-state index contributed by atoms with van der Waals surface area (Å²) >= 11 is 0. The zero-order valence-corrected chi connectivity index (χ0v) is 16.1. The summed E-state index contributed by atoms with van der Waals surface area (Å²) in [6.45, 7) is 3.46. The van der Waals surface area contributed by atoms with Gasteiger partial charge < -0.3 is 25.4 Å². The fourth-order valence-electron chi connectivity index (χ4n) is 2.97. The number of hydrogen-bond acceptors (Lipinski definition) is 6. The van der Waals surface area contributed by atoms with Crippen LogP contribution in [-0.4, -0.2) is 81.9 Å². The average Bonchev–Trinajstić information content (AvgIpc) is 2.69. The smallest absolute Gasteiger partial charge is 0.309 e. The highest BCUT2D eigenvalue weighted by atomic mass is 16.5. The first-order chi connectivity index (χ1) is 13.0. The van der Waals surface area contributed by atoms with Gasteiger partial charge in [0.2, 0.25) is 0 Å². The van der Waals surface area contributed by atoms with E-state index in [-0.39, 0.29) is 19.2 Å². The monoisotopic (exact) mass is 378 g/mol. The van der Waals surface area contributed by atoms with Crippen molar-refractivity contribution in [2.75, 3.05) is 65.0 Å². The van der Waals surface area contributed by atoms with Crippen molar-refractivity contribution >= 4 is 17.5 Å². The van der Waals surface area contributed by atoms with Gasteiger partial charge in [0.1, 0.15) is 0 Å². The van der Waals surface area contributed by atoms with Crippen LogP contribution in [0.3, 0.4) is 0 Å². The van der Waals surface area contributed by atoms with Gasteiger partial charge in [-0.1, -0.05) is 12.1 Å². The van der Waals surface area contributed by atoms with Crippen LogP contribution < -0.4 is 15.5 Å². The Balaban J connectivity index is 2.02. The van der Waals surface area contributed by atoms with Gasteiger partial charge in [-0.15, -0.1) is 0 Å². The van der Waals surface area contributed by atoms with E-state index in [0.29, 0.717) is 26.2 Å². The number of ether oxygens (including phenoxy) is 1. The lowest BCUT2D eigenvalue weighted by Gasteiger charge is -2.35. The third-order valence-electron chi connectivity index (χ3n) is 4.56. The minimum Gasteiger partial charge on any atom is -0.396 e. The summed E-state index contributed by atoms with van der Waals surface area (Å²) in [7, 11) is 3.98. The van der Waals surface area contributed by atoms with Crippen LogP contribution in [0.15, 0.2) is 24.3 Å². The molecule has 3 N–H and O–H groups in total. The van der Waals surface area contributed by atoms with E-state index < -0.39 is 11.8 Å². The second kappa shape index (κ2) is 10.9. The Morgan fingerprint density at radius 2 is 1.78 bits per heavy atom. The van der Waals surface area contributed by atoms with E-state index in [4.69, 9.17) is 9.84 Å². The molecule has 0 aromatic heterocycles. The van der Waals surface area contributed by atoms with Crippen molar-refractivity contribution in [3.63, 3.8) is 0 Å². The van der Waals surface area contributed by atoms with Crippen molar-refractivity contribution in [3.05, 3.63) is 29.8 Å². The highest BCUT2D eigenvalue weighted by molar-refractivity contribution is 6.35. The van der Waals surface area contributed by atoms with Crippen LogP contribution in [0.5, 0.6) is 0 Å². The van der Waals surface area contributed by atoms with Gasteiger partial charge in [-0.2, -0.15) is 0 Å². The number of carbonyl (C=O) groups excluding carboxylic acids is 2. The third-order valence-corrected chi connectivity index (χ3v) is 4.56. The van der Waals surface area contributed by atoms with E-state index in [1.165, 1.54) is 0 Å². The van der Waals surface area contributed by atoms with Crippen LogP contribution in [0, 0.1) is 0 Å². The number of nitrogens with one attached hydrogen (secondary N) is 2. The normalized spacial score (nSPS) is 15.8. The predicted molar refractivity (Wildman–Crippen MR) is 104 cm³/mol. The van der Waals surface area contributed by atoms with Gasteiger partial charge in [0.25, 0.3) is 0 Å². The standard InChI is InChI=1S/C19H30N4O4/c1-22(2)16-6-4-15(5-7-16)17(23-9-12-27-13-10-23)14-21-19(26)18(25)20-8-3-11-24/h4-7,17,24H,3,8-14H2,1-2H3,(H,20,25)(H,21,26)/t17-/m0/s1. The van der Waals surface area contributed by atoms with Gasteiger partial charge in [0.05, 0.1) is 19.3 Å². The van der Waals surface area contributed by atoms with E-state index in [1.54, 1.807) is 0 Å². The van der Waals surface area contributed by atoms with Crippen molar-refractivity contribution in [1.82, 2.24) is 15.5 Å². The van der Waals surface area contributed by atoms with Gasteiger partial charge >= 0.3 is 11.8 Å². The van der Waals surface area contributed by atoms with Crippen molar-refractivity contribution < 1.29 is 19.4 Å². The number of carbonyl (C=O) groups is 2.